The smallest absolute Gasteiger partial charge is 0.410 e. The Morgan fingerprint density at radius 2 is 1.80 bits per heavy atom. The molecular weight excluding hydrogens is 254 g/mol. The second-order valence-electron chi connectivity index (χ2n) is 6.71. The third-order valence-electron chi connectivity index (χ3n) is 3.88. The number of rotatable bonds is 5. The van der Waals surface area contributed by atoms with Crippen LogP contribution in [0.15, 0.2) is 0 Å². The van der Waals surface area contributed by atoms with E-state index in [4.69, 9.17) is 9.47 Å². The fourth-order valence-corrected chi connectivity index (χ4v) is 2.46. The molecule has 118 valence electrons. The van der Waals surface area contributed by atoms with E-state index in [9.17, 15) is 4.79 Å². The first-order chi connectivity index (χ1) is 9.32. The van der Waals surface area contributed by atoms with Gasteiger partial charge in [-0.05, 0) is 46.5 Å². The number of carbonyl (C=O) groups excluding carboxylic acids is 1. The Morgan fingerprint density at radius 1 is 1.20 bits per heavy atom. The molecule has 0 radical (unpaired) electrons. The highest BCUT2D eigenvalue weighted by atomic mass is 16.6. The van der Waals surface area contributed by atoms with Gasteiger partial charge in [0.25, 0.3) is 0 Å². The average molecular weight is 285 g/mol. The molecule has 0 unspecified atom stereocenters. The molecule has 0 aromatic heterocycles. The molecule has 1 saturated heterocycles. The molecule has 1 aliphatic heterocycles. The van der Waals surface area contributed by atoms with E-state index in [2.05, 4.69) is 13.8 Å². The lowest BCUT2D eigenvalue weighted by Gasteiger charge is -2.41. The molecule has 0 aromatic carbocycles. The maximum atomic E-state index is 12.0. The summed E-state index contributed by atoms with van der Waals surface area (Å²) in [5, 5.41) is 0. The van der Waals surface area contributed by atoms with Gasteiger partial charge < -0.3 is 14.4 Å². The normalized spacial score (nSPS) is 18.9. The van der Waals surface area contributed by atoms with Crippen LogP contribution in [0.3, 0.4) is 0 Å². The van der Waals surface area contributed by atoms with Gasteiger partial charge in [-0.25, -0.2) is 4.79 Å². The Kier molecular flexibility index (Phi) is 6.31. The monoisotopic (exact) mass is 285 g/mol. The maximum Gasteiger partial charge on any atom is 0.410 e. The highest BCUT2D eigenvalue weighted by Crippen LogP contribution is 2.30. The summed E-state index contributed by atoms with van der Waals surface area (Å²) in [6.07, 6.45) is 4.90. The lowest BCUT2D eigenvalue weighted by Crippen LogP contribution is -2.49. The van der Waals surface area contributed by atoms with Crippen LogP contribution in [0.5, 0.6) is 0 Å². The Hall–Kier alpha value is -0.770. The van der Waals surface area contributed by atoms with Gasteiger partial charge in [-0.2, -0.15) is 0 Å². The van der Waals surface area contributed by atoms with Gasteiger partial charge in [0.15, 0.2) is 0 Å². The molecule has 20 heavy (non-hydrogen) atoms. The molecule has 0 N–H and O–H groups in total. The first-order valence-electron chi connectivity index (χ1n) is 7.94. The standard InChI is InChI=1S/C16H31NO3/c1-6-8-13-19-16(7-2)9-11-17(12-10-16)14(18)20-15(3,4)5/h6-13H2,1-5H3. The Labute approximate surface area is 123 Å². The van der Waals surface area contributed by atoms with Crippen molar-refractivity contribution in [1.29, 1.82) is 0 Å². The molecule has 0 aromatic rings. The van der Waals surface area contributed by atoms with E-state index < -0.39 is 5.60 Å². The van der Waals surface area contributed by atoms with Crippen molar-refractivity contribution in [3.05, 3.63) is 0 Å². The van der Waals surface area contributed by atoms with Crippen molar-refractivity contribution < 1.29 is 14.3 Å². The maximum absolute atomic E-state index is 12.0. The number of hydrogen-bond donors (Lipinski definition) is 0. The van der Waals surface area contributed by atoms with E-state index in [0.29, 0.717) is 0 Å². The highest BCUT2D eigenvalue weighted by Gasteiger charge is 2.36. The van der Waals surface area contributed by atoms with Gasteiger partial charge in [0, 0.05) is 19.7 Å². The zero-order chi connectivity index (χ0) is 15.2. The van der Waals surface area contributed by atoms with Crippen molar-refractivity contribution in [3.8, 4) is 0 Å². The predicted octanol–water partition coefficient (Wildman–Crippen LogP) is 3.98. The topological polar surface area (TPSA) is 38.8 Å². The van der Waals surface area contributed by atoms with Gasteiger partial charge in [0.1, 0.15) is 5.60 Å². The molecule has 1 rings (SSSR count). The number of nitrogens with zero attached hydrogens (tertiary/aromatic N) is 1. The second kappa shape index (κ2) is 7.30. The van der Waals surface area contributed by atoms with Crippen LogP contribution in [0.4, 0.5) is 4.79 Å². The van der Waals surface area contributed by atoms with Crippen molar-refractivity contribution in [1.82, 2.24) is 4.90 Å². The minimum absolute atomic E-state index is 0.0340. The number of likely N-dealkylation sites (tertiary alicyclic amines) is 1. The molecular formula is C16H31NO3. The van der Waals surface area contributed by atoms with E-state index in [1.807, 2.05) is 25.7 Å². The Morgan fingerprint density at radius 3 is 2.25 bits per heavy atom. The van der Waals surface area contributed by atoms with Gasteiger partial charge in [-0.3, -0.25) is 0 Å². The zero-order valence-electron chi connectivity index (χ0n) is 13.8. The third kappa shape index (κ3) is 5.31. The van der Waals surface area contributed by atoms with Crippen LogP contribution in [-0.4, -0.2) is 41.9 Å². The van der Waals surface area contributed by atoms with Crippen LogP contribution in [0.2, 0.25) is 0 Å². The van der Waals surface area contributed by atoms with Gasteiger partial charge in [0.05, 0.1) is 5.60 Å². The van der Waals surface area contributed by atoms with E-state index in [-0.39, 0.29) is 11.7 Å². The molecule has 1 fully saturated rings. The summed E-state index contributed by atoms with van der Waals surface area (Å²) in [4.78, 5) is 13.8. The van der Waals surface area contributed by atoms with E-state index in [1.54, 1.807) is 0 Å². The molecule has 0 spiro atoms. The average Bonchev–Trinajstić information content (AvgIpc) is 2.38. The van der Waals surface area contributed by atoms with Crippen molar-refractivity contribution in [3.63, 3.8) is 0 Å². The second-order valence-corrected chi connectivity index (χ2v) is 6.71. The summed E-state index contributed by atoms with van der Waals surface area (Å²) < 4.78 is 11.5. The Bertz CT molecular complexity index is 301. The minimum atomic E-state index is -0.423. The molecule has 0 aliphatic carbocycles. The summed E-state index contributed by atoms with van der Waals surface area (Å²) >= 11 is 0. The molecule has 4 nitrogen and oxygen atoms in total. The molecule has 1 heterocycles. The van der Waals surface area contributed by atoms with Crippen LogP contribution < -0.4 is 0 Å². The minimum Gasteiger partial charge on any atom is -0.444 e. The molecule has 0 bridgehead atoms. The molecule has 1 aliphatic rings. The third-order valence-corrected chi connectivity index (χ3v) is 3.88. The number of piperidine rings is 1. The summed E-state index contributed by atoms with van der Waals surface area (Å²) in [6.45, 7) is 12.3. The number of ether oxygens (including phenoxy) is 2. The first-order valence-corrected chi connectivity index (χ1v) is 7.94. The first kappa shape index (κ1) is 17.3. The van der Waals surface area contributed by atoms with Gasteiger partial charge in [-0.15, -0.1) is 0 Å². The number of carbonyl (C=O) groups is 1. The van der Waals surface area contributed by atoms with Crippen molar-refractivity contribution in [2.75, 3.05) is 19.7 Å². The fraction of sp³-hybridized carbons (Fsp3) is 0.938. The quantitative estimate of drug-likeness (QED) is 0.717. The van der Waals surface area contributed by atoms with Crippen LogP contribution in [0.25, 0.3) is 0 Å². The summed E-state index contributed by atoms with van der Waals surface area (Å²) in [5.74, 6) is 0. The van der Waals surface area contributed by atoms with E-state index in [0.717, 1.165) is 51.8 Å². The Balaban J connectivity index is 2.46. The molecule has 4 heteroatoms. The van der Waals surface area contributed by atoms with Crippen molar-refractivity contribution in [2.24, 2.45) is 0 Å². The van der Waals surface area contributed by atoms with Gasteiger partial charge in [0.2, 0.25) is 0 Å². The van der Waals surface area contributed by atoms with Crippen LogP contribution >= 0.6 is 0 Å². The van der Waals surface area contributed by atoms with Crippen molar-refractivity contribution in [2.45, 2.75) is 77.9 Å². The number of hydrogen-bond acceptors (Lipinski definition) is 3. The lowest BCUT2D eigenvalue weighted by atomic mass is 9.88. The van der Waals surface area contributed by atoms with Crippen LogP contribution in [0.1, 0.15) is 66.7 Å². The van der Waals surface area contributed by atoms with Gasteiger partial charge in [-0.1, -0.05) is 20.3 Å². The zero-order valence-corrected chi connectivity index (χ0v) is 13.8. The van der Waals surface area contributed by atoms with E-state index in [1.165, 1.54) is 0 Å². The highest BCUT2D eigenvalue weighted by molar-refractivity contribution is 5.68. The lowest BCUT2D eigenvalue weighted by molar-refractivity contribution is -0.0874. The molecule has 1 amide bonds. The van der Waals surface area contributed by atoms with Crippen molar-refractivity contribution >= 4 is 6.09 Å². The predicted molar refractivity (Wildman–Crippen MR) is 80.9 cm³/mol. The molecule has 0 saturated carbocycles. The van der Waals surface area contributed by atoms with Crippen LogP contribution in [0, 0.1) is 0 Å². The molecule has 0 atom stereocenters. The fourth-order valence-electron chi connectivity index (χ4n) is 2.46. The number of unbranched alkanes of at least 4 members (excludes halogenated alkanes) is 1. The number of amides is 1. The summed E-state index contributed by atoms with van der Waals surface area (Å²) in [5.41, 5.74) is -0.457. The van der Waals surface area contributed by atoms with Crippen LogP contribution in [-0.2, 0) is 9.47 Å². The summed E-state index contributed by atoms with van der Waals surface area (Å²) in [6, 6.07) is 0. The van der Waals surface area contributed by atoms with Gasteiger partial charge >= 0.3 is 6.09 Å². The van der Waals surface area contributed by atoms with E-state index >= 15 is 0 Å². The largest absolute Gasteiger partial charge is 0.444 e. The summed E-state index contributed by atoms with van der Waals surface area (Å²) in [7, 11) is 0. The SMILES string of the molecule is CCCCOC1(CC)CCN(C(=O)OC(C)(C)C)CC1.